The van der Waals surface area contributed by atoms with Gasteiger partial charge < -0.3 is 20.6 Å². The minimum Gasteiger partial charge on any atom is -0.480 e. The highest BCUT2D eigenvalue weighted by Gasteiger charge is 2.21. The first-order valence-electron chi connectivity index (χ1n) is 13.6. The highest BCUT2D eigenvalue weighted by atomic mass is 16.4. The molecule has 1 fully saturated rings. The van der Waals surface area contributed by atoms with Gasteiger partial charge in [0.1, 0.15) is 0 Å². The molecule has 4 N–H and O–H groups in total. The number of amides is 1. The van der Waals surface area contributed by atoms with E-state index in [1.165, 1.54) is 0 Å². The van der Waals surface area contributed by atoms with Crippen molar-refractivity contribution >= 4 is 23.8 Å². The van der Waals surface area contributed by atoms with Crippen molar-refractivity contribution in [3.8, 4) is 11.1 Å². The molecule has 0 unspecified atom stereocenters. The van der Waals surface area contributed by atoms with Gasteiger partial charge in [-0.15, -0.1) is 0 Å². The number of carbonyl (C=O) groups is 4. The summed E-state index contributed by atoms with van der Waals surface area (Å²) in [7, 11) is 0. The molecular formula is C29H39N5O7. The Balaban J connectivity index is 1.62. The van der Waals surface area contributed by atoms with Gasteiger partial charge in [0, 0.05) is 58.9 Å². The minimum atomic E-state index is -1.00. The molecule has 0 atom stereocenters. The Bertz CT molecular complexity index is 1110. The van der Waals surface area contributed by atoms with Gasteiger partial charge in [0.15, 0.2) is 0 Å². The summed E-state index contributed by atoms with van der Waals surface area (Å²) in [6, 6.07) is 18.0. The van der Waals surface area contributed by atoms with Gasteiger partial charge in [0.25, 0.3) is 0 Å². The number of benzene rings is 2. The lowest BCUT2D eigenvalue weighted by Crippen LogP contribution is -2.49. The predicted molar refractivity (Wildman–Crippen MR) is 152 cm³/mol. The van der Waals surface area contributed by atoms with E-state index in [0.717, 1.165) is 16.7 Å². The van der Waals surface area contributed by atoms with Gasteiger partial charge in [0.05, 0.1) is 26.2 Å². The maximum absolute atomic E-state index is 12.9. The summed E-state index contributed by atoms with van der Waals surface area (Å²) in [5, 5.41) is 30.9. The lowest BCUT2D eigenvalue weighted by molar-refractivity contribution is -0.140. The molecule has 2 aromatic rings. The van der Waals surface area contributed by atoms with E-state index in [-0.39, 0.29) is 32.1 Å². The number of aliphatic carboxylic acids is 3. The van der Waals surface area contributed by atoms with Crippen LogP contribution in [0.25, 0.3) is 11.1 Å². The first kappa shape index (κ1) is 31.7. The summed E-state index contributed by atoms with van der Waals surface area (Å²) in [6.07, 6.45) is 0. The molecule has 2 aromatic carbocycles. The van der Waals surface area contributed by atoms with E-state index in [2.05, 4.69) is 5.32 Å². The van der Waals surface area contributed by atoms with Crippen LogP contribution in [0, 0.1) is 0 Å². The predicted octanol–water partition coefficient (Wildman–Crippen LogP) is 0.445. The third kappa shape index (κ3) is 12.1. The number of hydrogen-bond donors (Lipinski definition) is 4. The second-order valence-electron chi connectivity index (χ2n) is 10.1. The summed E-state index contributed by atoms with van der Waals surface area (Å²) >= 11 is 0. The highest BCUT2D eigenvalue weighted by molar-refractivity contribution is 5.78. The Morgan fingerprint density at radius 3 is 1.29 bits per heavy atom. The molecule has 1 saturated heterocycles. The molecule has 0 aromatic heterocycles. The van der Waals surface area contributed by atoms with Crippen LogP contribution in [0.5, 0.6) is 0 Å². The quantitative estimate of drug-likeness (QED) is 0.298. The van der Waals surface area contributed by atoms with Crippen LogP contribution in [0.4, 0.5) is 0 Å². The molecule has 0 radical (unpaired) electrons. The first-order valence-corrected chi connectivity index (χ1v) is 13.6. The van der Waals surface area contributed by atoms with Crippen LogP contribution in [0.1, 0.15) is 5.56 Å². The fraction of sp³-hybridized carbons (Fsp3) is 0.448. The first-order chi connectivity index (χ1) is 19.7. The van der Waals surface area contributed by atoms with E-state index >= 15 is 0 Å². The van der Waals surface area contributed by atoms with Crippen molar-refractivity contribution in [3.63, 3.8) is 0 Å². The highest BCUT2D eigenvalue weighted by Crippen LogP contribution is 2.19. The number of carbonyl (C=O) groups excluding carboxylic acids is 1. The average molecular weight is 570 g/mol. The van der Waals surface area contributed by atoms with Crippen molar-refractivity contribution in [2.24, 2.45) is 0 Å². The van der Waals surface area contributed by atoms with Gasteiger partial charge in [-0.05, 0) is 16.7 Å². The molecule has 3 rings (SSSR count). The summed E-state index contributed by atoms with van der Waals surface area (Å²) in [4.78, 5) is 54.1. The van der Waals surface area contributed by atoms with Crippen molar-refractivity contribution in [3.05, 3.63) is 60.2 Å². The number of carboxylic acid groups (broad SMARTS) is 3. The van der Waals surface area contributed by atoms with Gasteiger partial charge in [-0.2, -0.15) is 0 Å². The standard InChI is InChI=1S/C29H39N5O7/c35-26(30-18-23-6-8-25(9-7-23)24-4-2-1-3-5-24)19-31-10-12-32(20-27(36)37)14-16-34(22-29(40)41)17-15-33(13-11-31)21-28(38)39/h1-9H,10-22H2,(H,30,35)(H,36,37)(H,38,39)(H,40,41). The normalized spacial score (nSPS) is 16.8. The number of hydrogen-bond acceptors (Lipinski definition) is 8. The third-order valence-electron chi connectivity index (χ3n) is 6.92. The second-order valence-corrected chi connectivity index (χ2v) is 10.1. The SMILES string of the molecule is O=C(O)CN1CCN(CC(=O)O)CCN(CC(=O)NCc2ccc(-c3ccccc3)cc2)CCN(CC(=O)O)CC1. The lowest BCUT2D eigenvalue weighted by Gasteiger charge is -2.32. The largest absolute Gasteiger partial charge is 0.480 e. The van der Waals surface area contributed by atoms with Crippen LogP contribution in [0.2, 0.25) is 0 Å². The molecule has 0 saturated carbocycles. The van der Waals surface area contributed by atoms with Gasteiger partial charge in [-0.3, -0.25) is 38.8 Å². The van der Waals surface area contributed by atoms with Crippen molar-refractivity contribution in [2.75, 3.05) is 78.5 Å². The van der Waals surface area contributed by atoms with Gasteiger partial charge in [-0.1, -0.05) is 54.6 Å². The Morgan fingerprint density at radius 1 is 0.537 bits per heavy atom. The van der Waals surface area contributed by atoms with Crippen molar-refractivity contribution in [1.82, 2.24) is 24.9 Å². The Labute approximate surface area is 239 Å². The molecule has 1 aliphatic heterocycles. The summed E-state index contributed by atoms with van der Waals surface area (Å²) in [5.74, 6) is -3.17. The smallest absolute Gasteiger partial charge is 0.317 e. The van der Waals surface area contributed by atoms with Crippen molar-refractivity contribution in [2.45, 2.75) is 6.54 Å². The number of carboxylic acids is 3. The van der Waals surface area contributed by atoms with E-state index in [9.17, 15) is 34.5 Å². The Hall–Kier alpha value is -3.84. The van der Waals surface area contributed by atoms with E-state index in [1.54, 1.807) is 14.7 Å². The van der Waals surface area contributed by atoms with E-state index in [1.807, 2.05) is 59.5 Å². The molecule has 12 heteroatoms. The molecule has 0 aliphatic carbocycles. The number of nitrogens with one attached hydrogen (secondary N) is 1. The third-order valence-corrected chi connectivity index (χ3v) is 6.92. The van der Waals surface area contributed by atoms with Crippen LogP contribution in [0.15, 0.2) is 54.6 Å². The molecular weight excluding hydrogens is 530 g/mol. The summed E-state index contributed by atoms with van der Waals surface area (Å²) in [5.41, 5.74) is 3.16. The minimum absolute atomic E-state index is 0.0784. The van der Waals surface area contributed by atoms with Crippen molar-refractivity contribution in [1.29, 1.82) is 0 Å². The van der Waals surface area contributed by atoms with Gasteiger partial charge in [0.2, 0.25) is 5.91 Å². The Kier molecular flexibility index (Phi) is 12.7. The van der Waals surface area contributed by atoms with Crippen LogP contribution >= 0.6 is 0 Å². The Morgan fingerprint density at radius 2 is 0.902 bits per heavy atom. The number of nitrogens with zero attached hydrogens (tertiary/aromatic N) is 4. The lowest BCUT2D eigenvalue weighted by atomic mass is 10.0. The van der Waals surface area contributed by atoms with Gasteiger partial charge in [-0.25, -0.2) is 0 Å². The maximum Gasteiger partial charge on any atom is 0.317 e. The van der Waals surface area contributed by atoms with E-state index in [0.29, 0.717) is 58.9 Å². The maximum atomic E-state index is 12.9. The molecule has 222 valence electrons. The fourth-order valence-electron chi connectivity index (χ4n) is 4.69. The monoisotopic (exact) mass is 569 g/mol. The zero-order chi connectivity index (χ0) is 29.6. The molecule has 0 bridgehead atoms. The molecule has 1 amide bonds. The zero-order valence-corrected chi connectivity index (χ0v) is 23.2. The van der Waals surface area contributed by atoms with Crippen LogP contribution in [-0.4, -0.2) is 137 Å². The zero-order valence-electron chi connectivity index (χ0n) is 23.2. The van der Waals surface area contributed by atoms with Crippen LogP contribution < -0.4 is 5.32 Å². The fourth-order valence-corrected chi connectivity index (χ4v) is 4.69. The number of rotatable bonds is 11. The molecule has 0 spiro atoms. The average Bonchev–Trinajstić information content (AvgIpc) is 2.93. The summed E-state index contributed by atoms with van der Waals surface area (Å²) in [6.45, 7) is 2.63. The molecule has 1 heterocycles. The van der Waals surface area contributed by atoms with E-state index < -0.39 is 17.9 Å². The molecule has 1 aliphatic rings. The summed E-state index contributed by atoms with van der Waals surface area (Å²) < 4.78 is 0. The van der Waals surface area contributed by atoms with Crippen LogP contribution in [-0.2, 0) is 25.7 Å². The topological polar surface area (TPSA) is 154 Å². The van der Waals surface area contributed by atoms with Gasteiger partial charge >= 0.3 is 17.9 Å². The molecule has 12 nitrogen and oxygen atoms in total. The molecule has 41 heavy (non-hydrogen) atoms. The van der Waals surface area contributed by atoms with E-state index in [4.69, 9.17) is 0 Å². The van der Waals surface area contributed by atoms with Crippen LogP contribution in [0.3, 0.4) is 0 Å². The second kappa shape index (κ2) is 16.4. The van der Waals surface area contributed by atoms with Crippen molar-refractivity contribution < 1.29 is 34.5 Å².